The summed E-state index contributed by atoms with van der Waals surface area (Å²) in [4.78, 5) is 39.5. The number of carbonyl (C=O) groups is 3. The van der Waals surface area contributed by atoms with Crippen molar-refractivity contribution in [1.82, 2.24) is 0 Å². The van der Waals surface area contributed by atoms with Crippen molar-refractivity contribution in [2.75, 3.05) is 42.8 Å². The Morgan fingerprint density at radius 2 is 1.11 bits per heavy atom. The van der Waals surface area contributed by atoms with Gasteiger partial charge in [-0.05, 0) is 77.6 Å². The molecule has 2 aromatic carbocycles. The summed E-state index contributed by atoms with van der Waals surface area (Å²) in [5, 5.41) is 0. The van der Waals surface area contributed by atoms with Gasteiger partial charge in [0, 0.05) is 38.7 Å². The lowest BCUT2D eigenvalue weighted by molar-refractivity contribution is -0.160. The topological polar surface area (TPSA) is 131 Å². The second kappa shape index (κ2) is 17.3. The van der Waals surface area contributed by atoms with Gasteiger partial charge in [-0.1, -0.05) is 55.0 Å². The maximum atomic E-state index is 12.8. The van der Waals surface area contributed by atoms with Crippen LogP contribution in [0, 0.1) is 19.3 Å². The van der Waals surface area contributed by atoms with Crippen LogP contribution in [0.15, 0.2) is 46.7 Å². The smallest absolute Gasteiger partial charge is 0.330 e. The van der Waals surface area contributed by atoms with Crippen LogP contribution in [0.2, 0.25) is 0 Å². The molecule has 0 atom stereocenters. The van der Waals surface area contributed by atoms with Crippen molar-refractivity contribution in [2.45, 2.75) is 102 Å². The number of nitrogens with two attached hydrogens (primary N) is 2. The number of nitrogen functional groups attached to an aromatic ring is 2. The highest BCUT2D eigenvalue weighted by atomic mass is 32.2. The highest BCUT2D eigenvalue weighted by Crippen LogP contribution is 2.36. The van der Waals surface area contributed by atoms with Gasteiger partial charge >= 0.3 is 17.9 Å². The Morgan fingerprint density at radius 3 is 1.45 bits per heavy atom. The molecule has 47 heavy (non-hydrogen) atoms. The number of rotatable bonds is 16. The molecule has 4 N–H and O–H groups in total. The van der Waals surface area contributed by atoms with Crippen LogP contribution in [0.1, 0.15) is 90.0 Å². The molecule has 0 heterocycles. The van der Waals surface area contributed by atoms with Gasteiger partial charge in [-0.2, -0.15) is 0 Å². The first kappa shape index (κ1) is 40.1. The number of aryl methyl sites for hydroxylation is 2. The standard InChI is InChI=1S/C37H54N2O6S2/c1-11-30(40)43-21-37(12-2,22-44-31(41)13-15-46-26-17-24(3)33(38)28(19-26)35(5,6)7)23-45-32(42)14-16-47-27-18-25(4)34(39)29(20-27)36(8,9)10/h11,17-20H,1,12-16,21-23,38-39H2,2-10H3. The van der Waals surface area contributed by atoms with E-state index in [2.05, 4.69) is 60.3 Å². The zero-order valence-electron chi connectivity index (χ0n) is 29.7. The molecule has 0 saturated heterocycles. The number of hydrogen-bond donors (Lipinski definition) is 2. The van der Waals surface area contributed by atoms with Crippen molar-refractivity contribution in [1.29, 1.82) is 0 Å². The fraction of sp³-hybridized carbons (Fsp3) is 0.541. The van der Waals surface area contributed by atoms with Crippen LogP contribution in [0.4, 0.5) is 11.4 Å². The lowest BCUT2D eigenvalue weighted by Crippen LogP contribution is -2.39. The molecule has 0 spiro atoms. The van der Waals surface area contributed by atoms with E-state index in [1.54, 1.807) is 23.5 Å². The van der Waals surface area contributed by atoms with Crippen molar-refractivity contribution >= 4 is 52.8 Å². The second-order valence-electron chi connectivity index (χ2n) is 14.1. The number of anilines is 2. The molecule has 260 valence electrons. The van der Waals surface area contributed by atoms with Crippen molar-refractivity contribution < 1.29 is 28.6 Å². The summed E-state index contributed by atoms with van der Waals surface area (Å²) in [5.74, 6) is -0.328. The molecule has 0 radical (unpaired) electrons. The lowest BCUT2D eigenvalue weighted by atomic mass is 9.85. The Kier molecular flexibility index (Phi) is 14.8. The first-order chi connectivity index (χ1) is 21.8. The zero-order chi connectivity index (χ0) is 35.6. The summed E-state index contributed by atoms with van der Waals surface area (Å²) >= 11 is 3.13. The van der Waals surface area contributed by atoms with Gasteiger partial charge in [0.05, 0.1) is 18.3 Å². The van der Waals surface area contributed by atoms with Crippen LogP contribution in [-0.2, 0) is 39.4 Å². The van der Waals surface area contributed by atoms with E-state index in [-0.39, 0.29) is 55.4 Å². The van der Waals surface area contributed by atoms with E-state index in [1.807, 2.05) is 32.9 Å². The molecular formula is C37H54N2O6S2. The molecule has 0 aliphatic heterocycles. The van der Waals surface area contributed by atoms with Gasteiger partial charge in [0.25, 0.3) is 0 Å². The van der Waals surface area contributed by atoms with Crippen molar-refractivity contribution in [3.8, 4) is 0 Å². The molecule has 0 unspecified atom stereocenters. The number of hydrogen-bond acceptors (Lipinski definition) is 10. The van der Waals surface area contributed by atoms with Crippen molar-refractivity contribution in [3.63, 3.8) is 0 Å². The first-order valence-electron chi connectivity index (χ1n) is 16.0. The lowest BCUT2D eigenvalue weighted by Gasteiger charge is -2.31. The van der Waals surface area contributed by atoms with Crippen LogP contribution < -0.4 is 11.5 Å². The normalized spacial score (nSPS) is 12.0. The van der Waals surface area contributed by atoms with Gasteiger partial charge < -0.3 is 25.7 Å². The van der Waals surface area contributed by atoms with Gasteiger partial charge in [-0.15, -0.1) is 23.5 Å². The van der Waals surface area contributed by atoms with E-state index in [4.69, 9.17) is 25.7 Å². The van der Waals surface area contributed by atoms with E-state index in [0.29, 0.717) is 17.9 Å². The van der Waals surface area contributed by atoms with Gasteiger partial charge in [-0.3, -0.25) is 9.59 Å². The van der Waals surface area contributed by atoms with E-state index < -0.39 is 11.4 Å². The fourth-order valence-electron chi connectivity index (χ4n) is 4.77. The van der Waals surface area contributed by atoms with Crippen molar-refractivity contribution in [2.24, 2.45) is 5.41 Å². The molecule has 0 amide bonds. The quantitative estimate of drug-likeness (QED) is 0.0590. The molecule has 0 saturated carbocycles. The second-order valence-corrected chi connectivity index (χ2v) is 16.4. The van der Waals surface area contributed by atoms with Gasteiger partial charge in [0.1, 0.15) is 19.8 Å². The van der Waals surface area contributed by atoms with Crippen LogP contribution in [0.5, 0.6) is 0 Å². The Balaban J connectivity index is 1.98. The molecule has 0 aliphatic carbocycles. The van der Waals surface area contributed by atoms with E-state index in [1.165, 1.54) is 0 Å². The minimum absolute atomic E-state index is 0.0606. The first-order valence-corrected chi connectivity index (χ1v) is 18.0. The van der Waals surface area contributed by atoms with Crippen LogP contribution in [0.3, 0.4) is 0 Å². The SMILES string of the molecule is C=CC(=O)OCC(CC)(COC(=O)CCSc1cc(C)c(N)c(C(C)(C)C)c1)COC(=O)CCSc1cc(C)c(N)c(C(C)(C)C)c1. The minimum Gasteiger partial charge on any atom is -0.465 e. The molecule has 0 fully saturated rings. The molecule has 0 bridgehead atoms. The summed E-state index contributed by atoms with van der Waals surface area (Å²) in [6, 6.07) is 8.23. The predicted octanol–water partition coefficient (Wildman–Crippen LogP) is 7.94. The summed E-state index contributed by atoms with van der Waals surface area (Å²) in [6.45, 7) is 21.8. The summed E-state index contributed by atoms with van der Waals surface area (Å²) in [5.41, 5.74) is 17.3. The minimum atomic E-state index is -0.893. The van der Waals surface area contributed by atoms with Gasteiger partial charge in [0.15, 0.2) is 0 Å². The summed E-state index contributed by atoms with van der Waals surface area (Å²) in [6.07, 6.45) is 1.89. The number of esters is 3. The Morgan fingerprint density at radius 1 is 0.723 bits per heavy atom. The number of thioether (sulfide) groups is 2. The van der Waals surface area contributed by atoms with Gasteiger partial charge in [-0.25, -0.2) is 4.79 Å². The van der Waals surface area contributed by atoms with E-state index >= 15 is 0 Å². The molecule has 2 aromatic rings. The molecule has 0 aliphatic rings. The van der Waals surface area contributed by atoms with E-state index in [0.717, 1.165) is 49.5 Å². The maximum Gasteiger partial charge on any atom is 0.330 e. The highest BCUT2D eigenvalue weighted by molar-refractivity contribution is 7.99. The zero-order valence-corrected chi connectivity index (χ0v) is 31.3. The van der Waals surface area contributed by atoms with Crippen molar-refractivity contribution in [3.05, 3.63) is 59.2 Å². The highest BCUT2D eigenvalue weighted by Gasteiger charge is 2.34. The number of ether oxygens (including phenoxy) is 3. The molecule has 2 rings (SSSR count). The van der Waals surface area contributed by atoms with Crippen LogP contribution >= 0.6 is 23.5 Å². The monoisotopic (exact) mass is 686 g/mol. The Hall–Kier alpha value is -3.11. The fourth-order valence-corrected chi connectivity index (χ4v) is 6.70. The van der Waals surface area contributed by atoms with Crippen LogP contribution in [0.25, 0.3) is 0 Å². The Bertz CT molecular complexity index is 1330. The number of carbonyl (C=O) groups excluding carboxylic acids is 3. The third-order valence-electron chi connectivity index (χ3n) is 8.00. The van der Waals surface area contributed by atoms with E-state index in [9.17, 15) is 14.4 Å². The molecule has 10 heteroatoms. The average molecular weight is 687 g/mol. The third kappa shape index (κ3) is 12.5. The largest absolute Gasteiger partial charge is 0.465 e. The summed E-state index contributed by atoms with van der Waals surface area (Å²) in [7, 11) is 0. The van der Waals surface area contributed by atoms with Crippen LogP contribution in [-0.4, -0.2) is 49.2 Å². The molecular weight excluding hydrogens is 633 g/mol. The third-order valence-corrected chi connectivity index (χ3v) is 9.96. The Labute approximate surface area is 290 Å². The predicted molar refractivity (Wildman–Crippen MR) is 195 cm³/mol. The summed E-state index contributed by atoms with van der Waals surface area (Å²) < 4.78 is 16.7. The molecule has 8 nitrogen and oxygen atoms in total. The average Bonchev–Trinajstić information content (AvgIpc) is 2.99. The van der Waals surface area contributed by atoms with Gasteiger partial charge in [0.2, 0.25) is 0 Å². The number of benzene rings is 2. The molecule has 0 aromatic heterocycles. The maximum absolute atomic E-state index is 12.8.